The number of likely N-dealkylation sites (tertiary alicyclic amines) is 1. The van der Waals surface area contributed by atoms with Crippen molar-refractivity contribution in [2.24, 2.45) is 4.99 Å². The number of methoxy groups -OCH3 is 1. The molecule has 1 aromatic rings. The van der Waals surface area contributed by atoms with E-state index in [1.165, 1.54) is 5.56 Å². The van der Waals surface area contributed by atoms with Gasteiger partial charge in [0.15, 0.2) is 5.96 Å². The fraction of sp³-hybridized carbons (Fsp3) is 0.632. The van der Waals surface area contributed by atoms with Gasteiger partial charge in [-0.05, 0) is 50.3 Å². The summed E-state index contributed by atoms with van der Waals surface area (Å²) in [6.45, 7) is 5.84. The van der Waals surface area contributed by atoms with Crippen LogP contribution in [0.2, 0.25) is 0 Å². The number of nitrogens with zero attached hydrogens (tertiary/aromatic N) is 2. The molecule has 134 valence electrons. The van der Waals surface area contributed by atoms with E-state index in [0.29, 0.717) is 6.10 Å². The van der Waals surface area contributed by atoms with Crippen LogP contribution in [0.4, 0.5) is 0 Å². The molecule has 1 aliphatic rings. The average molecular weight is 333 g/mol. The Balaban J connectivity index is 1.68. The standard InChI is InChI=1S/C19H31N3O2/c1-4-24-18-11-14-22(15-12-18)19(20-2)21-13-5-6-16-7-9-17(23-3)10-8-16/h7-10,18H,4-6,11-15H2,1-3H3,(H,20,21). The molecule has 0 amide bonds. The summed E-state index contributed by atoms with van der Waals surface area (Å²) in [5, 5.41) is 3.49. The van der Waals surface area contributed by atoms with Crippen molar-refractivity contribution in [3.05, 3.63) is 29.8 Å². The monoisotopic (exact) mass is 333 g/mol. The van der Waals surface area contributed by atoms with Crippen molar-refractivity contribution in [1.82, 2.24) is 10.2 Å². The molecular formula is C19H31N3O2. The fourth-order valence-corrected chi connectivity index (χ4v) is 3.09. The summed E-state index contributed by atoms with van der Waals surface area (Å²) >= 11 is 0. The van der Waals surface area contributed by atoms with Gasteiger partial charge in [0.05, 0.1) is 13.2 Å². The van der Waals surface area contributed by atoms with E-state index in [1.807, 2.05) is 19.2 Å². The number of rotatable bonds is 7. The highest BCUT2D eigenvalue weighted by atomic mass is 16.5. The normalized spacial score (nSPS) is 16.3. The van der Waals surface area contributed by atoms with Crippen molar-refractivity contribution < 1.29 is 9.47 Å². The number of hydrogen-bond acceptors (Lipinski definition) is 3. The predicted octanol–water partition coefficient (Wildman–Crippen LogP) is 2.70. The summed E-state index contributed by atoms with van der Waals surface area (Å²) in [4.78, 5) is 6.76. The summed E-state index contributed by atoms with van der Waals surface area (Å²) < 4.78 is 10.9. The third kappa shape index (κ3) is 5.71. The minimum absolute atomic E-state index is 0.416. The number of nitrogens with one attached hydrogen (secondary N) is 1. The first-order chi connectivity index (χ1) is 11.8. The maximum Gasteiger partial charge on any atom is 0.193 e. The summed E-state index contributed by atoms with van der Waals surface area (Å²) in [5.74, 6) is 1.92. The van der Waals surface area contributed by atoms with Gasteiger partial charge in [-0.15, -0.1) is 0 Å². The maximum absolute atomic E-state index is 5.71. The van der Waals surface area contributed by atoms with Crippen molar-refractivity contribution >= 4 is 5.96 Å². The third-order valence-electron chi connectivity index (χ3n) is 4.44. The van der Waals surface area contributed by atoms with Gasteiger partial charge in [0.25, 0.3) is 0 Å². The second-order valence-electron chi connectivity index (χ2n) is 6.07. The lowest BCUT2D eigenvalue weighted by Gasteiger charge is -2.34. The molecule has 1 aliphatic heterocycles. The van der Waals surface area contributed by atoms with E-state index in [0.717, 1.165) is 63.6 Å². The number of aliphatic imine (C=N–C) groups is 1. The molecule has 24 heavy (non-hydrogen) atoms. The van der Waals surface area contributed by atoms with Gasteiger partial charge in [-0.3, -0.25) is 4.99 Å². The molecule has 0 spiro atoms. The molecule has 0 atom stereocenters. The highest BCUT2D eigenvalue weighted by Gasteiger charge is 2.21. The lowest BCUT2D eigenvalue weighted by atomic mass is 10.1. The Morgan fingerprint density at radius 1 is 1.25 bits per heavy atom. The van der Waals surface area contributed by atoms with Crippen molar-refractivity contribution in [3.8, 4) is 5.75 Å². The van der Waals surface area contributed by atoms with Crippen LogP contribution in [0.3, 0.4) is 0 Å². The van der Waals surface area contributed by atoms with Gasteiger partial charge in [-0.25, -0.2) is 0 Å². The van der Waals surface area contributed by atoms with Gasteiger partial charge < -0.3 is 19.7 Å². The molecule has 0 saturated carbocycles. The summed E-state index contributed by atoms with van der Waals surface area (Å²) in [5.41, 5.74) is 1.34. The Bertz CT molecular complexity index is 494. The Morgan fingerprint density at radius 3 is 2.54 bits per heavy atom. The van der Waals surface area contributed by atoms with Gasteiger partial charge in [-0.1, -0.05) is 12.1 Å². The van der Waals surface area contributed by atoms with E-state index in [-0.39, 0.29) is 0 Å². The van der Waals surface area contributed by atoms with E-state index >= 15 is 0 Å². The second kappa shape index (κ2) is 10.2. The van der Waals surface area contributed by atoms with Crippen LogP contribution < -0.4 is 10.1 Å². The molecule has 0 aromatic heterocycles. The number of benzene rings is 1. The van der Waals surface area contributed by atoms with Crippen molar-refractivity contribution in [2.75, 3.05) is 40.4 Å². The van der Waals surface area contributed by atoms with Crippen molar-refractivity contribution in [2.45, 2.75) is 38.7 Å². The molecule has 1 fully saturated rings. The van der Waals surface area contributed by atoms with Gasteiger partial charge in [-0.2, -0.15) is 0 Å². The molecule has 0 aliphatic carbocycles. The Hall–Kier alpha value is -1.75. The number of guanidine groups is 1. The smallest absolute Gasteiger partial charge is 0.193 e. The van der Waals surface area contributed by atoms with Crippen LogP contribution in [-0.4, -0.2) is 57.4 Å². The van der Waals surface area contributed by atoms with Gasteiger partial charge in [0.1, 0.15) is 5.75 Å². The van der Waals surface area contributed by atoms with Crippen LogP contribution in [-0.2, 0) is 11.2 Å². The maximum atomic E-state index is 5.71. The van der Waals surface area contributed by atoms with Gasteiger partial charge in [0, 0.05) is 33.3 Å². The summed E-state index contributed by atoms with van der Waals surface area (Å²) in [7, 11) is 3.56. The summed E-state index contributed by atoms with van der Waals surface area (Å²) in [6, 6.07) is 8.30. The minimum atomic E-state index is 0.416. The van der Waals surface area contributed by atoms with Crippen LogP contribution in [0, 0.1) is 0 Å². The zero-order chi connectivity index (χ0) is 17.2. The zero-order valence-corrected chi connectivity index (χ0v) is 15.3. The molecule has 0 bridgehead atoms. The summed E-state index contributed by atoms with van der Waals surface area (Å²) in [6.07, 6.45) is 4.72. The lowest BCUT2D eigenvalue weighted by Crippen LogP contribution is -2.47. The Labute approximate surface area is 146 Å². The first-order valence-electron chi connectivity index (χ1n) is 8.97. The third-order valence-corrected chi connectivity index (χ3v) is 4.44. The van der Waals surface area contributed by atoms with E-state index in [4.69, 9.17) is 9.47 Å². The van der Waals surface area contributed by atoms with Crippen LogP contribution in [0.5, 0.6) is 5.75 Å². The molecule has 2 rings (SSSR count). The molecule has 5 heteroatoms. The van der Waals surface area contributed by atoms with E-state index in [2.05, 4.69) is 34.3 Å². The predicted molar refractivity (Wildman–Crippen MR) is 98.9 cm³/mol. The van der Waals surface area contributed by atoms with E-state index < -0.39 is 0 Å². The van der Waals surface area contributed by atoms with Crippen LogP contribution >= 0.6 is 0 Å². The van der Waals surface area contributed by atoms with Crippen LogP contribution in [0.25, 0.3) is 0 Å². The Morgan fingerprint density at radius 2 is 1.96 bits per heavy atom. The molecule has 0 unspecified atom stereocenters. The zero-order valence-electron chi connectivity index (χ0n) is 15.3. The largest absolute Gasteiger partial charge is 0.497 e. The fourth-order valence-electron chi connectivity index (χ4n) is 3.09. The molecule has 5 nitrogen and oxygen atoms in total. The number of ether oxygens (including phenoxy) is 2. The number of aryl methyl sites for hydroxylation is 1. The molecule has 1 N–H and O–H groups in total. The molecule has 1 aromatic carbocycles. The van der Waals surface area contributed by atoms with Crippen molar-refractivity contribution in [3.63, 3.8) is 0 Å². The molecule has 1 heterocycles. The quantitative estimate of drug-likeness (QED) is 0.473. The SMILES string of the molecule is CCOC1CCN(C(=NC)NCCCc2ccc(OC)cc2)CC1. The highest BCUT2D eigenvalue weighted by Crippen LogP contribution is 2.14. The minimum Gasteiger partial charge on any atom is -0.497 e. The van der Waals surface area contributed by atoms with E-state index in [1.54, 1.807) is 7.11 Å². The second-order valence-corrected chi connectivity index (χ2v) is 6.07. The van der Waals surface area contributed by atoms with Gasteiger partial charge >= 0.3 is 0 Å². The average Bonchev–Trinajstić information content (AvgIpc) is 2.63. The van der Waals surface area contributed by atoms with Crippen molar-refractivity contribution in [1.29, 1.82) is 0 Å². The highest BCUT2D eigenvalue weighted by molar-refractivity contribution is 5.79. The van der Waals surface area contributed by atoms with E-state index in [9.17, 15) is 0 Å². The first kappa shape index (κ1) is 18.6. The van der Waals surface area contributed by atoms with Gasteiger partial charge in [0.2, 0.25) is 0 Å². The number of piperidine rings is 1. The molecule has 0 radical (unpaired) electrons. The lowest BCUT2D eigenvalue weighted by molar-refractivity contribution is 0.0264. The topological polar surface area (TPSA) is 46.1 Å². The van der Waals surface area contributed by atoms with Crippen LogP contribution in [0.15, 0.2) is 29.3 Å². The number of hydrogen-bond donors (Lipinski definition) is 1. The molecular weight excluding hydrogens is 302 g/mol. The van der Waals surface area contributed by atoms with Crippen LogP contribution in [0.1, 0.15) is 31.7 Å². The first-order valence-corrected chi connectivity index (χ1v) is 8.97. The molecule has 1 saturated heterocycles. The Kier molecular flexibility index (Phi) is 7.89.